The number of piperidine rings is 1. The quantitative estimate of drug-likeness (QED) is 0.316. The number of hydrogen-bond donors (Lipinski definition) is 3. The number of nitrogens with zero attached hydrogens (tertiary/aromatic N) is 4. The summed E-state index contributed by atoms with van der Waals surface area (Å²) in [7, 11) is 2.14. The minimum Gasteiger partial charge on any atom is -0.484 e. The zero-order chi connectivity index (χ0) is 25.1. The van der Waals surface area contributed by atoms with Gasteiger partial charge in [-0.25, -0.2) is 9.97 Å². The number of carbonyl (C=O) groups excluding carboxylic acids is 1. The second kappa shape index (κ2) is 10.7. The van der Waals surface area contributed by atoms with Gasteiger partial charge in [0, 0.05) is 17.8 Å². The molecule has 9 nitrogen and oxygen atoms in total. The highest BCUT2D eigenvalue weighted by Gasteiger charge is 2.20. The molecule has 3 aromatic heterocycles. The smallest absolute Gasteiger partial charge is 0.262 e. The van der Waals surface area contributed by atoms with Crippen molar-refractivity contribution in [2.24, 2.45) is 0 Å². The van der Waals surface area contributed by atoms with Crippen LogP contribution < -0.4 is 15.4 Å². The lowest BCUT2D eigenvalue weighted by molar-refractivity contribution is -0.118. The Morgan fingerprint density at radius 1 is 1.17 bits per heavy atom. The van der Waals surface area contributed by atoms with E-state index in [9.17, 15) is 4.79 Å². The lowest BCUT2D eigenvalue weighted by Gasteiger charge is -2.30. The van der Waals surface area contributed by atoms with Crippen molar-refractivity contribution >= 4 is 51.6 Å². The van der Waals surface area contributed by atoms with E-state index in [0.29, 0.717) is 44.5 Å². The van der Waals surface area contributed by atoms with Gasteiger partial charge in [0.05, 0.1) is 33.8 Å². The van der Waals surface area contributed by atoms with E-state index in [0.717, 1.165) is 37.2 Å². The molecule has 3 N–H and O–H groups in total. The number of aromatic amines is 1. The summed E-state index contributed by atoms with van der Waals surface area (Å²) in [5, 5.41) is 7.27. The molecule has 1 fully saturated rings. The molecule has 0 spiro atoms. The Balaban J connectivity index is 1.25. The Labute approximate surface area is 218 Å². The van der Waals surface area contributed by atoms with Crippen molar-refractivity contribution in [3.05, 3.63) is 59.0 Å². The van der Waals surface area contributed by atoms with Crippen LogP contribution in [0.25, 0.3) is 22.6 Å². The molecule has 11 heteroatoms. The lowest BCUT2D eigenvalue weighted by Crippen LogP contribution is -2.36. The SMILES string of the molecule is CN1CCC(Nc2c(Cl)cnc3[nH]c(-c4ccc(OCC(=O)Nc5cncc(Cl)c5)cc4)nc23)CC1. The summed E-state index contributed by atoms with van der Waals surface area (Å²) in [4.78, 5) is 30.9. The number of anilines is 2. The molecular formula is C25H25Cl2N7O2. The van der Waals surface area contributed by atoms with Crippen LogP contribution in [0, 0.1) is 0 Å². The molecule has 4 heterocycles. The van der Waals surface area contributed by atoms with E-state index in [1.165, 1.54) is 12.4 Å². The molecule has 0 aliphatic carbocycles. The first-order valence-corrected chi connectivity index (χ1v) is 12.3. The maximum absolute atomic E-state index is 12.2. The number of pyridine rings is 2. The molecule has 0 bridgehead atoms. The van der Waals surface area contributed by atoms with Gasteiger partial charge in [-0.1, -0.05) is 23.2 Å². The van der Waals surface area contributed by atoms with Gasteiger partial charge in [-0.15, -0.1) is 0 Å². The summed E-state index contributed by atoms with van der Waals surface area (Å²) in [5.74, 6) is 0.914. The minimum atomic E-state index is -0.312. The van der Waals surface area contributed by atoms with Crippen molar-refractivity contribution < 1.29 is 9.53 Å². The van der Waals surface area contributed by atoms with Crippen molar-refractivity contribution in [2.75, 3.05) is 37.4 Å². The first-order valence-electron chi connectivity index (χ1n) is 11.6. The molecule has 0 radical (unpaired) electrons. The number of rotatable bonds is 7. The highest BCUT2D eigenvalue weighted by Crippen LogP contribution is 2.32. The monoisotopic (exact) mass is 525 g/mol. The van der Waals surface area contributed by atoms with Crippen LogP contribution in [-0.4, -0.2) is 63.5 Å². The topological polar surface area (TPSA) is 108 Å². The van der Waals surface area contributed by atoms with Gasteiger partial charge in [0.25, 0.3) is 5.91 Å². The number of hydrogen-bond acceptors (Lipinski definition) is 7. The minimum absolute atomic E-state index is 0.148. The Hall–Kier alpha value is -3.40. The van der Waals surface area contributed by atoms with Crippen LogP contribution in [0.3, 0.4) is 0 Å². The summed E-state index contributed by atoms with van der Waals surface area (Å²) in [6.45, 7) is 1.94. The normalized spacial score (nSPS) is 14.6. The van der Waals surface area contributed by atoms with Crippen LogP contribution in [0.2, 0.25) is 10.0 Å². The number of ether oxygens (including phenoxy) is 1. The molecule has 0 unspecified atom stereocenters. The summed E-state index contributed by atoms with van der Waals surface area (Å²) < 4.78 is 5.61. The van der Waals surface area contributed by atoms with E-state index in [2.05, 4.69) is 37.5 Å². The third-order valence-electron chi connectivity index (χ3n) is 6.02. The number of likely N-dealkylation sites (tertiary alicyclic amines) is 1. The van der Waals surface area contributed by atoms with Crippen molar-refractivity contribution in [1.82, 2.24) is 24.8 Å². The molecule has 1 saturated heterocycles. The number of amides is 1. The number of nitrogens with one attached hydrogen (secondary N) is 3. The number of benzene rings is 1. The van der Waals surface area contributed by atoms with Crippen molar-refractivity contribution in [3.8, 4) is 17.1 Å². The van der Waals surface area contributed by atoms with Crippen LogP contribution in [0.1, 0.15) is 12.8 Å². The molecule has 5 rings (SSSR count). The average molecular weight is 526 g/mol. The van der Waals surface area contributed by atoms with E-state index in [-0.39, 0.29) is 12.5 Å². The van der Waals surface area contributed by atoms with Crippen LogP contribution in [-0.2, 0) is 4.79 Å². The molecule has 0 saturated carbocycles. The molecule has 186 valence electrons. The lowest BCUT2D eigenvalue weighted by atomic mass is 10.1. The van der Waals surface area contributed by atoms with Crippen LogP contribution in [0.4, 0.5) is 11.4 Å². The first kappa shape index (κ1) is 24.3. The van der Waals surface area contributed by atoms with E-state index in [1.807, 2.05) is 12.1 Å². The Morgan fingerprint density at radius 2 is 1.94 bits per heavy atom. The van der Waals surface area contributed by atoms with Crippen molar-refractivity contribution in [2.45, 2.75) is 18.9 Å². The van der Waals surface area contributed by atoms with Crippen LogP contribution >= 0.6 is 23.2 Å². The van der Waals surface area contributed by atoms with Gasteiger partial charge in [0.15, 0.2) is 12.3 Å². The first-order chi connectivity index (χ1) is 17.4. The zero-order valence-electron chi connectivity index (χ0n) is 19.6. The fraction of sp³-hybridized carbons (Fsp3) is 0.280. The molecule has 1 aliphatic rings. The zero-order valence-corrected chi connectivity index (χ0v) is 21.1. The fourth-order valence-electron chi connectivity index (χ4n) is 4.10. The van der Waals surface area contributed by atoms with Gasteiger partial charge in [-0.05, 0) is 63.3 Å². The average Bonchev–Trinajstić information content (AvgIpc) is 3.31. The fourth-order valence-corrected chi connectivity index (χ4v) is 4.46. The summed E-state index contributed by atoms with van der Waals surface area (Å²) in [5.41, 5.74) is 3.55. The van der Waals surface area contributed by atoms with E-state index < -0.39 is 0 Å². The standard InChI is InChI=1S/C25H25Cl2N7O2/c1-34-8-6-17(7-9-34)31-22-20(27)13-29-25-23(22)32-24(33-25)15-2-4-19(5-3-15)36-14-21(35)30-18-10-16(26)11-28-12-18/h2-5,10-13,17H,6-9,14H2,1H3,(H,30,35)(H2,29,31,32,33). The van der Waals surface area contributed by atoms with Gasteiger partial charge in [0.2, 0.25) is 0 Å². The summed E-state index contributed by atoms with van der Waals surface area (Å²) in [6.07, 6.45) is 6.74. The number of carbonyl (C=O) groups is 1. The van der Waals surface area contributed by atoms with E-state index in [4.69, 9.17) is 32.9 Å². The maximum atomic E-state index is 12.2. The van der Waals surface area contributed by atoms with Crippen LogP contribution in [0.15, 0.2) is 48.9 Å². The van der Waals surface area contributed by atoms with Gasteiger partial charge in [-0.3, -0.25) is 9.78 Å². The van der Waals surface area contributed by atoms with Crippen LogP contribution in [0.5, 0.6) is 5.75 Å². The Bertz CT molecular complexity index is 1370. The third-order valence-corrected chi connectivity index (χ3v) is 6.51. The molecule has 1 aromatic carbocycles. The largest absolute Gasteiger partial charge is 0.484 e. The molecule has 1 amide bonds. The number of halogens is 2. The van der Waals surface area contributed by atoms with E-state index in [1.54, 1.807) is 24.4 Å². The Kier molecular flexibility index (Phi) is 7.22. The number of H-pyrrole nitrogens is 1. The molecular weight excluding hydrogens is 501 g/mol. The second-order valence-corrected chi connectivity index (χ2v) is 9.58. The highest BCUT2D eigenvalue weighted by molar-refractivity contribution is 6.34. The number of fused-ring (bicyclic) bond motifs is 1. The van der Waals surface area contributed by atoms with E-state index >= 15 is 0 Å². The number of imidazole rings is 1. The van der Waals surface area contributed by atoms with Gasteiger partial charge in [0.1, 0.15) is 17.1 Å². The summed E-state index contributed by atoms with van der Waals surface area (Å²) >= 11 is 12.4. The predicted octanol–water partition coefficient (Wildman–Crippen LogP) is 4.85. The highest BCUT2D eigenvalue weighted by atomic mass is 35.5. The predicted molar refractivity (Wildman–Crippen MR) is 142 cm³/mol. The van der Waals surface area contributed by atoms with Crippen molar-refractivity contribution in [3.63, 3.8) is 0 Å². The van der Waals surface area contributed by atoms with Gasteiger partial charge in [-0.2, -0.15) is 0 Å². The maximum Gasteiger partial charge on any atom is 0.262 e. The molecule has 1 aliphatic heterocycles. The molecule has 4 aromatic rings. The molecule has 0 atom stereocenters. The third kappa shape index (κ3) is 5.70. The van der Waals surface area contributed by atoms with Gasteiger partial charge >= 0.3 is 0 Å². The summed E-state index contributed by atoms with van der Waals surface area (Å²) in [6, 6.07) is 9.28. The Morgan fingerprint density at radius 3 is 2.69 bits per heavy atom. The second-order valence-electron chi connectivity index (χ2n) is 8.74. The molecule has 36 heavy (non-hydrogen) atoms. The van der Waals surface area contributed by atoms with Crippen molar-refractivity contribution in [1.29, 1.82) is 0 Å². The number of aromatic nitrogens is 4. The van der Waals surface area contributed by atoms with Gasteiger partial charge < -0.3 is 25.3 Å².